The smallest absolute Gasteiger partial charge is 0.140 e. The Morgan fingerprint density at radius 3 is 2.81 bits per heavy atom. The van der Waals surface area contributed by atoms with Gasteiger partial charge in [-0.15, -0.1) is 0 Å². The maximum absolute atomic E-state index is 13.3. The van der Waals surface area contributed by atoms with Crippen LogP contribution in [0, 0.1) is 24.1 Å². The van der Waals surface area contributed by atoms with Gasteiger partial charge in [0, 0.05) is 13.7 Å². The number of halogens is 1. The van der Waals surface area contributed by atoms with E-state index < -0.39 is 5.82 Å². The first-order valence-corrected chi connectivity index (χ1v) is 6.61. The van der Waals surface area contributed by atoms with Crippen LogP contribution >= 0.6 is 0 Å². The van der Waals surface area contributed by atoms with Crippen molar-refractivity contribution in [2.45, 2.75) is 19.5 Å². The van der Waals surface area contributed by atoms with Crippen LogP contribution in [0.1, 0.15) is 28.7 Å². The molecule has 1 aromatic heterocycles. The summed E-state index contributed by atoms with van der Waals surface area (Å²) in [5.74, 6) is 1.12. The predicted octanol–water partition coefficient (Wildman–Crippen LogP) is 3.08. The van der Waals surface area contributed by atoms with Gasteiger partial charge in [-0.1, -0.05) is 6.07 Å². The SMILES string of the molecule is COC[C@@H](NCc1ccc(F)c(C#N)c1)c1ccc(C)o1. The highest BCUT2D eigenvalue weighted by Crippen LogP contribution is 2.18. The Labute approximate surface area is 123 Å². The van der Waals surface area contributed by atoms with Gasteiger partial charge in [-0.2, -0.15) is 5.26 Å². The molecule has 2 rings (SSSR count). The van der Waals surface area contributed by atoms with Gasteiger partial charge in [0.25, 0.3) is 0 Å². The summed E-state index contributed by atoms with van der Waals surface area (Å²) in [6.07, 6.45) is 0. The molecule has 0 fully saturated rings. The van der Waals surface area contributed by atoms with Gasteiger partial charge < -0.3 is 14.5 Å². The van der Waals surface area contributed by atoms with Crippen molar-refractivity contribution in [3.05, 3.63) is 58.8 Å². The van der Waals surface area contributed by atoms with Crippen LogP contribution in [0.15, 0.2) is 34.7 Å². The Balaban J connectivity index is 2.07. The Kier molecular flexibility index (Phi) is 5.09. The van der Waals surface area contributed by atoms with Gasteiger partial charge in [-0.25, -0.2) is 4.39 Å². The molecule has 21 heavy (non-hydrogen) atoms. The number of hydrogen-bond acceptors (Lipinski definition) is 4. The van der Waals surface area contributed by atoms with Crippen LogP contribution in [-0.4, -0.2) is 13.7 Å². The maximum Gasteiger partial charge on any atom is 0.140 e. The van der Waals surface area contributed by atoms with Gasteiger partial charge in [-0.3, -0.25) is 0 Å². The summed E-state index contributed by atoms with van der Waals surface area (Å²) in [5, 5.41) is 12.1. The molecule has 0 saturated carbocycles. The molecule has 2 aromatic rings. The zero-order valence-corrected chi connectivity index (χ0v) is 12.0. The highest BCUT2D eigenvalue weighted by atomic mass is 19.1. The zero-order chi connectivity index (χ0) is 15.2. The average Bonchev–Trinajstić information content (AvgIpc) is 2.91. The third kappa shape index (κ3) is 3.91. The number of rotatable bonds is 6. The molecule has 1 atom stereocenters. The molecule has 1 heterocycles. The first-order chi connectivity index (χ1) is 10.1. The third-order valence-electron chi connectivity index (χ3n) is 3.14. The fraction of sp³-hybridized carbons (Fsp3) is 0.312. The molecule has 0 saturated heterocycles. The molecule has 1 aromatic carbocycles. The number of ether oxygens (including phenoxy) is 1. The molecule has 110 valence electrons. The summed E-state index contributed by atoms with van der Waals surface area (Å²) in [6.45, 7) is 2.83. The third-order valence-corrected chi connectivity index (χ3v) is 3.14. The number of benzene rings is 1. The van der Waals surface area contributed by atoms with Gasteiger partial charge in [0.2, 0.25) is 0 Å². The van der Waals surface area contributed by atoms with E-state index >= 15 is 0 Å². The minimum atomic E-state index is -0.503. The van der Waals surface area contributed by atoms with Crippen molar-refractivity contribution in [1.29, 1.82) is 5.26 Å². The van der Waals surface area contributed by atoms with Crippen LogP contribution in [0.5, 0.6) is 0 Å². The van der Waals surface area contributed by atoms with Crippen molar-refractivity contribution < 1.29 is 13.5 Å². The molecule has 4 nitrogen and oxygen atoms in total. The van der Waals surface area contributed by atoms with E-state index in [1.165, 1.54) is 6.07 Å². The summed E-state index contributed by atoms with van der Waals surface area (Å²) in [6, 6.07) is 10.0. The van der Waals surface area contributed by atoms with Crippen molar-refractivity contribution in [3.63, 3.8) is 0 Å². The van der Waals surface area contributed by atoms with Crippen LogP contribution in [0.3, 0.4) is 0 Å². The normalized spacial score (nSPS) is 12.1. The summed E-state index contributed by atoms with van der Waals surface area (Å²) >= 11 is 0. The van der Waals surface area contributed by atoms with Gasteiger partial charge in [-0.05, 0) is 36.8 Å². The van der Waals surface area contributed by atoms with Crippen molar-refractivity contribution in [2.75, 3.05) is 13.7 Å². The van der Waals surface area contributed by atoms with Crippen LogP contribution in [0.25, 0.3) is 0 Å². The van der Waals surface area contributed by atoms with E-state index in [-0.39, 0.29) is 11.6 Å². The maximum atomic E-state index is 13.3. The first-order valence-electron chi connectivity index (χ1n) is 6.61. The van der Waals surface area contributed by atoms with Crippen molar-refractivity contribution >= 4 is 0 Å². The summed E-state index contributed by atoms with van der Waals surface area (Å²) < 4.78 is 24.1. The number of furan rings is 1. The molecule has 0 bridgehead atoms. The Bertz CT molecular complexity index is 646. The van der Waals surface area contributed by atoms with Gasteiger partial charge in [0.05, 0.1) is 18.2 Å². The Hall–Kier alpha value is -2.16. The monoisotopic (exact) mass is 288 g/mol. The van der Waals surface area contributed by atoms with Crippen LogP contribution in [0.2, 0.25) is 0 Å². The minimum Gasteiger partial charge on any atom is -0.465 e. The summed E-state index contributed by atoms with van der Waals surface area (Å²) in [5.41, 5.74) is 0.878. The zero-order valence-electron chi connectivity index (χ0n) is 12.0. The first kappa shape index (κ1) is 15.2. The van der Waals surface area contributed by atoms with E-state index in [0.29, 0.717) is 13.2 Å². The number of methoxy groups -OCH3 is 1. The summed E-state index contributed by atoms with van der Waals surface area (Å²) in [7, 11) is 1.62. The molecule has 0 unspecified atom stereocenters. The topological polar surface area (TPSA) is 58.2 Å². The number of hydrogen-bond donors (Lipinski definition) is 1. The highest BCUT2D eigenvalue weighted by molar-refractivity contribution is 5.34. The molecule has 0 radical (unpaired) electrons. The second kappa shape index (κ2) is 7.02. The van der Waals surface area contributed by atoms with Crippen molar-refractivity contribution in [2.24, 2.45) is 0 Å². The molecular weight excluding hydrogens is 271 g/mol. The summed E-state index contributed by atoms with van der Waals surface area (Å²) in [4.78, 5) is 0. The second-order valence-electron chi connectivity index (χ2n) is 4.76. The van der Waals surface area contributed by atoms with E-state index in [1.54, 1.807) is 19.2 Å². The Morgan fingerprint density at radius 2 is 2.19 bits per heavy atom. The average molecular weight is 288 g/mol. The largest absolute Gasteiger partial charge is 0.465 e. The number of nitriles is 1. The predicted molar refractivity (Wildman–Crippen MR) is 76.0 cm³/mol. The van der Waals surface area contributed by atoms with E-state index in [4.69, 9.17) is 14.4 Å². The number of nitrogens with zero attached hydrogens (tertiary/aromatic N) is 1. The molecule has 0 aliphatic carbocycles. The van der Waals surface area contributed by atoms with E-state index in [2.05, 4.69) is 5.32 Å². The number of aryl methyl sites for hydroxylation is 1. The fourth-order valence-electron chi connectivity index (χ4n) is 2.06. The van der Waals surface area contributed by atoms with Crippen molar-refractivity contribution in [1.82, 2.24) is 5.32 Å². The fourth-order valence-corrected chi connectivity index (χ4v) is 2.06. The second-order valence-corrected chi connectivity index (χ2v) is 4.76. The quantitative estimate of drug-likeness (QED) is 0.887. The lowest BCUT2D eigenvalue weighted by Gasteiger charge is -2.16. The molecule has 1 N–H and O–H groups in total. The minimum absolute atomic E-state index is 0.0476. The van der Waals surface area contributed by atoms with E-state index in [1.807, 2.05) is 25.1 Å². The van der Waals surface area contributed by atoms with Crippen LogP contribution in [0.4, 0.5) is 4.39 Å². The van der Waals surface area contributed by atoms with Gasteiger partial charge >= 0.3 is 0 Å². The molecular formula is C16H17FN2O2. The Morgan fingerprint density at radius 1 is 1.38 bits per heavy atom. The lowest BCUT2D eigenvalue weighted by atomic mass is 10.1. The molecule has 0 aliphatic rings. The molecule has 5 heteroatoms. The lowest BCUT2D eigenvalue weighted by Crippen LogP contribution is -2.24. The lowest BCUT2D eigenvalue weighted by molar-refractivity contribution is 0.156. The molecule has 0 amide bonds. The van der Waals surface area contributed by atoms with Crippen LogP contribution in [-0.2, 0) is 11.3 Å². The molecule has 0 spiro atoms. The van der Waals surface area contributed by atoms with Gasteiger partial charge in [0.15, 0.2) is 0 Å². The van der Waals surface area contributed by atoms with E-state index in [0.717, 1.165) is 17.1 Å². The number of nitrogens with one attached hydrogen (secondary N) is 1. The molecule has 0 aliphatic heterocycles. The highest BCUT2D eigenvalue weighted by Gasteiger charge is 2.15. The van der Waals surface area contributed by atoms with Gasteiger partial charge in [0.1, 0.15) is 23.4 Å². The standard InChI is InChI=1S/C16H17FN2O2/c1-11-3-6-16(21-11)15(10-20-2)19-9-12-4-5-14(17)13(7-12)8-18/h3-7,15,19H,9-10H2,1-2H3/t15-/m1/s1. The van der Waals surface area contributed by atoms with Crippen molar-refractivity contribution in [3.8, 4) is 6.07 Å². The van der Waals surface area contributed by atoms with Crippen LogP contribution < -0.4 is 5.32 Å². The van der Waals surface area contributed by atoms with E-state index in [9.17, 15) is 4.39 Å².